The average Bonchev–Trinajstić information content (AvgIpc) is 3.18. The topological polar surface area (TPSA) is 95.9 Å². The van der Waals surface area contributed by atoms with E-state index in [0.717, 1.165) is 83.5 Å². The van der Waals surface area contributed by atoms with Gasteiger partial charge in [-0.25, -0.2) is 0 Å². The maximum absolute atomic E-state index is 13.1. The Balaban J connectivity index is 4.50. The quantitative estimate of drug-likeness (QED) is 0.0248. The fraction of sp³-hybridized carbons (Fsp3) is 0.837. The van der Waals surface area contributed by atoms with E-state index in [0.29, 0.717) is 19.3 Å². The molecule has 0 saturated carbocycles. The smallest absolute Gasteiger partial charge is 0.306 e. The lowest BCUT2D eigenvalue weighted by Gasteiger charge is -2.24. The zero-order valence-electron chi connectivity index (χ0n) is 36.6. The zero-order chi connectivity index (χ0) is 40.3. The van der Waals surface area contributed by atoms with Crippen molar-refractivity contribution in [1.29, 1.82) is 0 Å². The number of ether oxygens (including phenoxy) is 1. The van der Waals surface area contributed by atoms with Crippen LogP contribution in [0.2, 0.25) is 0 Å². The summed E-state index contributed by atoms with van der Waals surface area (Å²) in [5.41, 5.74) is 0. The van der Waals surface area contributed by atoms with Crippen LogP contribution in [0.15, 0.2) is 36.5 Å². The number of aliphatic hydroxyl groups excluding tert-OH is 2. The fourth-order valence-electron chi connectivity index (χ4n) is 7.05. The maximum Gasteiger partial charge on any atom is 0.306 e. The molecule has 322 valence electrons. The lowest BCUT2D eigenvalue weighted by molar-refractivity contribution is -0.151. The Kier molecular flexibility index (Phi) is 41.7. The number of hydrogen-bond acceptors (Lipinski definition) is 5. The van der Waals surface area contributed by atoms with Crippen LogP contribution in [-0.4, -0.2) is 46.9 Å². The molecule has 0 spiro atoms. The standard InChI is InChI=1S/C49H91NO5/c1-4-7-10-13-16-19-20-21-22-23-24-25-26-27-30-33-36-39-42-49(54)55-45(40-37-34-31-28-17-14-11-8-5-2)43-48(53)50-46(44-51)47(52)41-38-35-32-29-18-15-12-9-6-3/h14,17,22-25,45-47,51-52H,4-13,15-16,18-21,26-44H2,1-3H3,(H,50,53)/b17-14-,23-22+,25-24+. The molecule has 55 heavy (non-hydrogen) atoms. The van der Waals surface area contributed by atoms with Crippen LogP contribution in [0.4, 0.5) is 0 Å². The van der Waals surface area contributed by atoms with Crippen molar-refractivity contribution in [1.82, 2.24) is 5.32 Å². The molecule has 3 unspecified atom stereocenters. The molecule has 0 rings (SSSR count). The molecule has 3 atom stereocenters. The molecule has 0 bridgehead atoms. The number of nitrogens with one attached hydrogen (secondary N) is 1. The molecule has 1 amide bonds. The van der Waals surface area contributed by atoms with Gasteiger partial charge in [-0.3, -0.25) is 9.59 Å². The van der Waals surface area contributed by atoms with Crippen molar-refractivity contribution in [3.05, 3.63) is 36.5 Å². The van der Waals surface area contributed by atoms with Gasteiger partial charge in [0.05, 0.1) is 25.2 Å². The Bertz CT molecular complexity index is 915. The Hall–Kier alpha value is -1.92. The summed E-state index contributed by atoms with van der Waals surface area (Å²) in [6, 6.07) is -0.705. The van der Waals surface area contributed by atoms with Crippen LogP contribution in [0.5, 0.6) is 0 Å². The maximum atomic E-state index is 13.1. The summed E-state index contributed by atoms with van der Waals surface area (Å²) in [7, 11) is 0. The van der Waals surface area contributed by atoms with Gasteiger partial charge in [-0.1, -0.05) is 192 Å². The monoisotopic (exact) mass is 774 g/mol. The molecule has 0 aromatic rings. The van der Waals surface area contributed by atoms with E-state index in [4.69, 9.17) is 4.74 Å². The Morgan fingerprint density at radius 1 is 0.527 bits per heavy atom. The molecule has 0 aromatic carbocycles. The highest BCUT2D eigenvalue weighted by atomic mass is 16.5. The van der Waals surface area contributed by atoms with Gasteiger partial charge in [-0.2, -0.15) is 0 Å². The summed E-state index contributed by atoms with van der Waals surface area (Å²) in [6.07, 6.45) is 49.3. The second-order valence-corrected chi connectivity index (χ2v) is 16.2. The Labute approximate surface area is 341 Å². The van der Waals surface area contributed by atoms with E-state index < -0.39 is 18.2 Å². The molecule has 0 aliphatic heterocycles. The summed E-state index contributed by atoms with van der Waals surface area (Å²) in [6.45, 7) is 6.40. The third kappa shape index (κ3) is 38.7. The Morgan fingerprint density at radius 3 is 1.47 bits per heavy atom. The normalized spacial score (nSPS) is 13.6. The fourth-order valence-corrected chi connectivity index (χ4v) is 7.05. The highest BCUT2D eigenvalue weighted by molar-refractivity contribution is 5.77. The molecule has 6 nitrogen and oxygen atoms in total. The molecule has 0 saturated heterocycles. The number of aliphatic hydroxyl groups is 2. The summed E-state index contributed by atoms with van der Waals surface area (Å²) in [5, 5.41) is 23.5. The number of rotatable bonds is 42. The first kappa shape index (κ1) is 53.1. The average molecular weight is 774 g/mol. The predicted molar refractivity (Wildman–Crippen MR) is 236 cm³/mol. The van der Waals surface area contributed by atoms with E-state index in [-0.39, 0.29) is 24.9 Å². The SMILES string of the molecule is CCCC/C=C\CCCCCC(CC(=O)NC(CO)C(O)CCCCCCCCCCC)OC(=O)CCCCCCC/C=C/C=C/CCCCCCCCC. The highest BCUT2D eigenvalue weighted by Gasteiger charge is 2.24. The molecular weight excluding hydrogens is 683 g/mol. The second-order valence-electron chi connectivity index (χ2n) is 16.2. The number of carbonyl (C=O) groups excluding carboxylic acids is 2. The number of carbonyl (C=O) groups is 2. The Morgan fingerprint density at radius 2 is 0.945 bits per heavy atom. The first-order valence-electron chi connectivity index (χ1n) is 23.7. The molecule has 0 fully saturated rings. The van der Waals surface area contributed by atoms with E-state index in [9.17, 15) is 19.8 Å². The molecular formula is C49H91NO5. The van der Waals surface area contributed by atoms with Gasteiger partial charge in [0, 0.05) is 6.42 Å². The van der Waals surface area contributed by atoms with Crippen LogP contribution in [0.1, 0.15) is 239 Å². The van der Waals surface area contributed by atoms with Crippen molar-refractivity contribution >= 4 is 11.9 Å². The summed E-state index contributed by atoms with van der Waals surface area (Å²) < 4.78 is 5.88. The predicted octanol–water partition coefficient (Wildman–Crippen LogP) is 13.7. The van der Waals surface area contributed by atoms with Gasteiger partial charge < -0.3 is 20.3 Å². The number of amides is 1. The van der Waals surface area contributed by atoms with Crippen molar-refractivity contribution in [2.24, 2.45) is 0 Å². The number of hydrogen-bond donors (Lipinski definition) is 3. The van der Waals surface area contributed by atoms with Gasteiger partial charge in [-0.15, -0.1) is 0 Å². The van der Waals surface area contributed by atoms with Crippen molar-refractivity contribution in [3.63, 3.8) is 0 Å². The lowest BCUT2D eigenvalue weighted by Crippen LogP contribution is -2.46. The van der Waals surface area contributed by atoms with Crippen LogP contribution >= 0.6 is 0 Å². The molecule has 0 heterocycles. The summed E-state index contributed by atoms with van der Waals surface area (Å²) in [4.78, 5) is 25.9. The van der Waals surface area contributed by atoms with Gasteiger partial charge in [-0.05, 0) is 70.6 Å². The van der Waals surface area contributed by atoms with Gasteiger partial charge >= 0.3 is 5.97 Å². The number of allylic oxidation sites excluding steroid dienone is 6. The van der Waals surface area contributed by atoms with E-state index >= 15 is 0 Å². The number of esters is 1. The van der Waals surface area contributed by atoms with Crippen molar-refractivity contribution in [2.45, 2.75) is 257 Å². The van der Waals surface area contributed by atoms with Crippen LogP contribution in [0.3, 0.4) is 0 Å². The van der Waals surface area contributed by atoms with Crippen molar-refractivity contribution in [3.8, 4) is 0 Å². The van der Waals surface area contributed by atoms with Crippen LogP contribution in [0.25, 0.3) is 0 Å². The minimum atomic E-state index is -0.790. The molecule has 0 aromatic heterocycles. The van der Waals surface area contributed by atoms with E-state index in [1.54, 1.807) is 0 Å². The van der Waals surface area contributed by atoms with Crippen molar-refractivity contribution < 1.29 is 24.5 Å². The first-order chi connectivity index (χ1) is 27.0. The van der Waals surface area contributed by atoms with Gasteiger partial charge in [0.2, 0.25) is 5.91 Å². The van der Waals surface area contributed by atoms with Gasteiger partial charge in [0.15, 0.2) is 0 Å². The van der Waals surface area contributed by atoms with Gasteiger partial charge in [0.1, 0.15) is 6.10 Å². The van der Waals surface area contributed by atoms with Crippen molar-refractivity contribution in [2.75, 3.05) is 6.61 Å². The minimum absolute atomic E-state index is 0.0613. The largest absolute Gasteiger partial charge is 0.462 e. The molecule has 0 aliphatic rings. The third-order valence-electron chi connectivity index (χ3n) is 10.7. The molecule has 0 aliphatic carbocycles. The third-order valence-corrected chi connectivity index (χ3v) is 10.7. The van der Waals surface area contributed by atoms with Crippen LogP contribution in [0, 0.1) is 0 Å². The summed E-state index contributed by atoms with van der Waals surface area (Å²) in [5.74, 6) is -0.508. The molecule has 0 radical (unpaired) electrons. The molecule has 3 N–H and O–H groups in total. The van der Waals surface area contributed by atoms with E-state index in [1.165, 1.54) is 109 Å². The van der Waals surface area contributed by atoms with Crippen LogP contribution in [-0.2, 0) is 14.3 Å². The molecule has 6 heteroatoms. The zero-order valence-corrected chi connectivity index (χ0v) is 36.6. The summed E-state index contributed by atoms with van der Waals surface area (Å²) >= 11 is 0. The minimum Gasteiger partial charge on any atom is -0.462 e. The van der Waals surface area contributed by atoms with E-state index in [1.807, 2.05) is 0 Å². The van der Waals surface area contributed by atoms with E-state index in [2.05, 4.69) is 62.5 Å². The highest BCUT2D eigenvalue weighted by Crippen LogP contribution is 2.17. The lowest BCUT2D eigenvalue weighted by atomic mass is 10.0. The number of unbranched alkanes of at least 4 members (excludes halogenated alkanes) is 25. The first-order valence-corrected chi connectivity index (χ1v) is 23.7. The van der Waals surface area contributed by atoms with Crippen LogP contribution < -0.4 is 5.32 Å². The van der Waals surface area contributed by atoms with Gasteiger partial charge in [0.25, 0.3) is 0 Å². The second kappa shape index (κ2) is 43.2.